The highest BCUT2D eigenvalue weighted by Gasteiger charge is 2.02. The lowest BCUT2D eigenvalue weighted by molar-refractivity contribution is 0.111. The molecule has 0 radical (unpaired) electrons. The lowest BCUT2D eigenvalue weighted by Crippen LogP contribution is -2.02. The van der Waals surface area contributed by atoms with Gasteiger partial charge in [-0.25, -0.2) is 0 Å². The third kappa shape index (κ3) is 1.91. The number of para-hydroxylation sites is 1. The van der Waals surface area contributed by atoms with Crippen molar-refractivity contribution in [1.82, 2.24) is 9.55 Å². The van der Waals surface area contributed by atoms with E-state index in [4.69, 9.17) is 0 Å². The Morgan fingerprint density at radius 3 is 2.94 bits per heavy atom. The van der Waals surface area contributed by atoms with Gasteiger partial charge in [-0.2, -0.15) is 0 Å². The first-order valence-electron chi connectivity index (χ1n) is 5.81. The second-order valence-corrected chi connectivity index (χ2v) is 4.22. The first kappa shape index (κ1) is 10.7. The van der Waals surface area contributed by atoms with Gasteiger partial charge in [-0.15, -0.1) is 0 Å². The number of aromatic nitrogens is 2. The van der Waals surface area contributed by atoms with Gasteiger partial charge in [0.2, 0.25) is 0 Å². The molecule has 88 valence electrons. The molecule has 0 amide bonds. The number of benzene rings is 1. The van der Waals surface area contributed by atoms with Gasteiger partial charge in [-0.05, 0) is 29.8 Å². The van der Waals surface area contributed by atoms with Gasteiger partial charge >= 0.3 is 0 Å². The molecule has 2 heterocycles. The van der Waals surface area contributed by atoms with Crippen LogP contribution in [0.25, 0.3) is 10.9 Å². The predicted molar refractivity (Wildman–Crippen MR) is 70.7 cm³/mol. The van der Waals surface area contributed by atoms with Gasteiger partial charge in [0.05, 0.1) is 11.2 Å². The molecule has 0 unspecified atom stereocenters. The topological polar surface area (TPSA) is 34.9 Å². The lowest BCUT2D eigenvalue weighted by atomic mass is 10.1. The van der Waals surface area contributed by atoms with Crippen molar-refractivity contribution in [3.63, 3.8) is 0 Å². The van der Waals surface area contributed by atoms with Crippen molar-refractivity contribution in [1.29, 1.82) is 0 Å². The molecule has 2 aromatic heterocycles. The third-order valence-electron chi connectivity index (χ3n) is 2.99. The van der Waals surface area contributed by atoms with Crippen LogP contribution in [0.4, 0.5) is 0 Å². The molecule has 0 saturated carbocycles. The first-order valence-corrected chi connectivity index (χ1v) is 5.81. The predicted octanol–water partition coefficient (Wildman–Crippen LogP) is 2.90. The van der Waals surface area contributed by atoms with Crippen LogP contribution >= 0.6 is 0 Å². The summed E-state index contributed by atoms with van der Waals surface area (Å²) >= 11 is 0. The molecule has 1 aromatic carbocycles. The van der Waals surface area contributed by atoms with Crippen LogP contribution in [0.1, 0.15) is 16.1 Å². The van der Waals surface area contributed by atoms with Gasteiger partial charge in [-0.1, -0.05) is 18.2 Å². The summed E-state index contributed by atoms with van der Waals surface area (Å²) in [5.41, 5.74) is 2.76. The second-order valence-electron chi connectivity index (χ2n) is 4.22. The zero-order valence-corrected chi connectivity index (χ0v) is 9.78. The molecule has 0 saturated heterocycles. The summed E-state index contributed by atoms with van der Waals surface area (Å²) in [5, 5.41) is 1.12. The molecule has 0 atom stereocenters. The van der Waals surface area contributed by atoms with Crippen LogP contribution in [0, 0.1) is 0 Å². The summed E-state index contributed by atoms with van der Waals surface area (Å²) in [7, 11) is 0. The van der Waals surface area contributed by atoms with Crippen molar-refractivity contribution in [3.8, 4) is 0 Å². The van der Waals surface area contributed by atoms with E-state index in [1.54, 1.807) is 0 Å². The lowest BCUT2D eigenvalue weighted by Gasteiger charge is -2.06. The maximum Gasteiger partial charge on any atom is 0.166 e. The molecule has 18 heavy (non-hydrogen) atoms. The molecule has 0 fully saturated rings. The average Bonchev–Trinajstić information content (AvgIpc) is 2.86. The Hall–Kier alpha value is -2.42. The quantitative estimate of drug-likeness (QED) is 0.655. The molecule has 0 spiro atoms. The molecule has 3 aromatic rings. The monoisotopic (exact) mass is 236 g/mol. The normalized spacial score (nSPS) is 10.7. The minimum Gasteiger partial charge on any atom is -0.341 e. The highest BCUT2D eigenvalue weighted by atomic mass is 16.1. The zero-order chi connectivity index (χ0) is 12.4. The SMILES string of the molecule is O=Cc1cccn1Cc1cnc2ccccc2c1. The minimum atomic E-state index is 0.666. The van der Waals surface area contributed by atoms with Crippen molar-refractivity contribution >= 4 is 17.2 Å². The first-order chi connectivity index (χ1) is 8.86. The Kier molecular flexibility index (Phi) is 2.65. The van der Waals surface area contributed by atoms with Gasteiger partial charge < -0.3 is 4.57 Å². The van der Waals surface area contributed by atoms with Crippen LogP contribution in [0.5, 0.6) is 0 Å². The summed E-state index contributed by atoms with van der Waals surface area (Å²) < 4.78 is 1.92. The number of pyridine rings is 1. The summed E-state index contributed by atoms with van der Waals surface area (Å²) in [5.74, 6) is 0. The Labute approximate surface area is 105 Å². The molecule has 0 N–H and O–H groups in total. The van der Waals surface area contributed by atoms with Gasteiger partial charge in [0.1, 0.15) is 0 Å². The van der Waals surface area contributed by atoms with Crippen molar-refractivity contribution in [2.24, 2.45) is 0 Å². The van der Waals surface area contributed by atoms with E-state index in [0.29, 0.717) is 12.2 Å². The van der Waals surface area contributed by atoms with E-state index in [9.17, 15) is 4.79 Å². The van der Waals surface area contributed by atoms with Crippen molar-refractivity contribution < 1.29 is 4.79 Å². The number of hydrogen-bond donors (Lipinski definition) is 0. The van der Waals surface area contributed by atoms with Crippen molar-refractivity contribution in [2.45, 2.75) is 6.54 Å². The Balaban J connectivity index is 1.97. The van der Waals surface area contributed by atoms with Crippen LogP contribution in [-0.4, -0.2) is 15.8 Å². The molecule has 0 bridgehead atoms. The third-order valence-corrected chi connectivity index (χ3v) is 2.99. The van der Waals surface area contributed by atoms with Crippen LogP contribution in [0.2, 0.25) is 0 Å². The summed E-state index contributed by atoms with van der Waals surface area (Å²) in [6.45, 7) is 0.666. The Morgan fingerprint density at radius 1 is 1.17 bits per heavy atom. The van der Waals surface area contributed by atoms with Crippen LogP contribution < -0.4 is 0 Å². The molecule has 0 aliphatic heterocycles. The highest BCUT2D eigenvalue weighted by Crippen LogP contribution is 2.14. The van der Waals surface area contributed by atoms with E-state index in [0.717, 1.165) is 22.8 Å². The second kappa shape index (κ2) is 4.45. The fourth-order valence-electron chi connectivity index (χ4n) is 2.08. The number of hydrogen-bond acceptors (Lipinski definition) is 2. The Bertz CT molecular complexity index is 700. The largest absolute Gasteiger partial charge is 0.341 e. The minimum absolute atomic E-state index is 0.666. The van der Waals surface area contributed by atoms with E-state index < -0.39 is 0 Å². The number of carbonyl (C=O) groups is 1. The number of carbonyl (C=O) groups excluding carboxylic acids is 1. The molecular formula is C15H12N2O. The maximum absolute atomic E-state index is 10.9. The van der Waals surface area contributed by atoms with Crippen LogP contribution in [0.15, 0.2) is 54.9 Å². The molecule has 3 rings (SSSR count). The fraction of sp³-hybridized carbons (Fsp3) is 0.0667. The number of nitrogens with zero attached hydrogens (tertiary/aromatic N) is 2. The Morgan fingerprint density at radius 2 is 2.06 bits per heavy atom. The average molecular weight is 236 g/mol. The summed E-state index contributed by atoms with van der Waals surface area (Å²) in [4.78, 5) is 15.3. The van der Waals surface area contributed by atoms with E-state index in [-0.39, 0.29) is 0 Å². The van der Waals surface area contributed by atoms with E-state index >= 15 is 0 Å². The highest BCUT2D eigenvalue weighted by molar-refractivity contribution is 5.78. The van der Waals surface area contributed by atoms with Crippen molar-refractivity contribution in [3.05, 3.63) is 66.1 Å². The molecule has 0 aliphatic rings. The van der Waals surface area contributed by atoms with Crippen molar-refractivity contribution in [2.75, 3.05) is 0 Å². The number of rotatable bonds is 3. The van der Waals surface area contributed by atoms with E-state index in [1.807, 2.05) is 53.4 Å². The van der Waals surface area contributed by atoms with Gasteiger partial charge in [-0.3, -0.25) is 9.78 Å². The smallest absolute Gasteiger partial charge is 0.166 e. The standard InChI is InChI=1S/C15H12N2O/c18-11-14-5-3-7-17(14)10-12-8-13-4-1-2-6-15(13)16-9-12/h1-9,11H,10H2. The van der Waals surface area contributed by atoms with Gasteiger partial charge in [0.25, 0.3) is 0 Å². The molecular weight excluding hydrogens is 224 g/mol. The summed E-state index contributed by atoms with van der Waals surface area (Å²) in [6, 6.07) is 13.8. The fourth-order valence-corrected chi connectivity index (χ4v) is 2.08. The number of fused-ring (bicyclic) bond motifs is 1. The van der Waals surface area contributed by atoms with Crippen LogP contribution in [0.3, 0.4) is 0 Å². The van der Waals surface area contributed by atoms with Gasteiger partial charge in [0.15, 0.2) is 6.29 Å². The summed E-state index contributed by atoms with van der Waals surface area (Å²) in [6.07, 6.45) is 4.63. The van der Waals surface area contributed by atoms with E-state index in [2.05, 4.69) is 11.1 Å². The number of aldehydes is 1. The van der Waals surface area contributed by atoms with Gasteiger partial charge in [0, 0.05) is 24.3 Å². The van der Waals surface area contributed by atoms with E-state index in [1.165, 1.54) is 0 Å². The van der Waals surface area contributed by atoms with Crippen LogP contribution in [-0.2, 0) is 6.54 Å². The molecule has 0 aliphatic carbocycles. The molecule has 3 heteroatoms. The maximum atomic E-state index is 10.9. The zero-order valence-electron chi connectivity index (χ0n) is 9.78. The molecule has 3 nitrogen and oxygen atoms in total.